The number of hydrogen-bond acceptors (Lipinski definition) is 7. The van der Waals surface area contributed by atoms with E-state index in [2.05, 4.69) is 20.6 Å². The average molecular weight is 374 g/mol. The highest BCUT2D eigenvalue weighted by molar-refractivity contribution is 6.37. The molecule has 2 heterocycles. The summed E-state index contributed by atoms with van der Waals surface area (Å²) in [7, 11) is 0. The van der Waals surface area contributed by atoms with E-state index in [1.807, 2.05) is 0 Å². The third-order valence-electron chi connectivity index (χ3n) is 2.65. The minimum absolute atomic E-state index is 0.0387. The lowest BCUT2D eigenvalue weighted by atomic mass is 10.1. The standard InChI is InChI=1S/C13H10Cl2FN5O3/c1-2-24-13(23)8(4-19-21-5-17-18-6-21)10(22)7-3-9(16)12(15)20-11(7)14/h3-6,19H,2H2,1H3/b8-4+. The summed E-state index contributed by atoms with van der Waals surface area (Å²) in [5.74, 6) is -2.75. The minimum Gasteiger partial charge on any atom is -0.462 e. The summed E-state index contributed by atoms with van der Waals surface area (Å²) >= 11 is 11.3. The highest BCUT2D eigenvalue weighted by Gasteiger charge is 2.25. The lowest BCUT2D eigenvalue weighted by Gasteiger charge is -2.09. The average Bonchev–Trinajstić information content (AvgIpc) is 3.04. The van der Waals surface area contributed by atoms with Crippen molar-refractivity contribution in [3.8, 4) is 0 Å². The number of rotatable bonds is 6. The van der Waals surface area contributed by atoms with Crippen LogP contribution in [0.15, 0.2) is 30.5 Å². The second-order valence-electron chi connectivity index (χ2n) is 4.21. The first-order valence-corrected chi connectivity index (χ1v) is 7.24. The van der Waals surface area contributed by atoms with Crippen LogP contribution in [-0.2, 0) is 9.53 Å². The van der Waals surface area contributed by atoms with Gasteiger partial charge in [-0.15, -0.1) is 10.2 Å². The molecule has 0 unspecified atom stereocenters. The molecule has 0 fully saturated rings. The number of halogens is 3. The Kier molecular flexibility index (Phi) is 5.83. The fourth-order valence-electron chi connectivity index (χ4n) is 1.58. The van der Waals surface area contributed by atoms with Crippen molar-refractivity contribution in [1.82, 2.24) is 19.9 Å². The number of ketones is 1. The molecule has 0 bridgehead atoms. The summed E-state index contributed by atoms with van der Waals surface area (Å²) in [4.78, 5) is 28.0. The maximum Gasteiger partial charge on any atom is 0.343 e. The largest absolute Gasteiger partial charge is 0.462 e. The Morgan fingerprint density at radius 2 is 2.00 bits per heavy atom. The predicted octanol–water partition coefficient (Wildman–Crippen LogP) is 1.99. The van der Waals surface area contributed by atoms with E-state index in [4.69, 9.17) is 27.9 Å². The van der Waals surface area contributed by atoms with E-state index in [0.717, 1.165) is 12.3 Å². The zero-order valence-corrected chi connectivity index (χ0v) is 13.7. The Hall–Kier alpha value is -2.52. The molecule has 0 aliphatic rings. The molecular formula is C13H10Cl2FN5O3. The molecule has 0 aliphatic carbocycles. The van der Waals surface area contributed by atoms with Crippen LogP contribution in [0.4, 0.5) is 4.39 Å². The fraction of sp³-hybridized carbons (Fsp3) is 0.154. The fourth-order valence-corrected chi connectivity index (χ4v) is 1.99. The van der Waals surface area contributed by atoms with E-state index in [9.17, 15) is 14.0 Å². The van der Waals surface area contributed by atoms with Gasteiger partial charge in [0.2, 0.25) is 5.78 Å². The maximum absolute atomic E-state index is 13.6. The third kappa shape index (κ3) is 4.06. The van der Waals surface area contributed by atoms with Crippen LogP contribution in [-0.4, -0.2) is 38.2 Å². The van der Waals surface area contributed by atoms with Crippen molar-refractivity contribution in [3.05, 3.63) is 52.2 Å². The molecule has 11 heteroatoms. The van der Waals surface area contributed by atoms with Gasteiger partial charge in [-0.3, -0.25) is 10.2 Å². The number of aromatic nitrogens is 4. The van der Waals surface area contributed by atoms with Crippen LogP contribution in [0.3, 0.4) is 0 Å². The van der Waals surface area contributed by atoms with Crippen molar-refractivity contribution < 1.29 is 18.7 Å². The SMILES string of the molecule is CCOC(=O)/C(=C/Nn1cnnc1)C(=O)c1cc(F)c(Cl)nc1Cl. The molecule has 2 aromatic rings. The second kappa shape index (κ2) is 7.84. The van der Waals surface area contributed by atoms with Gasteiger partial charge in [-0.2, -0.15) is 0 Å². The van der Waals surface area contributed by atoms with E-state index in [0.29, 0.717) is 0 Å². The Morgan fingerprint density at radius 1 is 1.33 bits per heavy atom. The first-order valence-electron chi connectivity index (χ1n) is 6.48. The molecular weight excluding hydrogens is 364 g/mol. The van der Waals surface area contributed by atoms with Crippen LogP contribution in [0.25, 0.3) is 0 Å². The van der Waals surface area contributed by atoms with Crippen LogP contribution in [0.5, 0.6) is 0 Å². The van der Waals surface area contributed by atoms with Gasteiger partial charge in [-0.05, 0) is 13.0 Å². The first kappa shape index (κ1) is 17.8. The lowest BCUT2D eigenvalue weighted by Crippen LogP contribution is -2.20. The molecule has 126 valence electrons. The second-order valence-corrected chi connectivity index (χ2v) is 4.92. The Labute approximate surface area is 145 Å². The summed E-state index contributed by atoms with van der Waals surface area (Å²) in [6.45, 7) is 1.61. The zero-order valence-electron chi connectivity index (χ0n) is 12.2. The highest BCUT2D eigenvalue weighted by Crippen LogP contribution is 2.23. The Morgan fingerprint density at radius 3 is 2.62 bits per heavy atom. The Bertz CT molecular complexity index is 795. The summed E-state index contributed by atoms with van der Waals surface area (Å²) < 4.78 is 19.7. The van der Waals surface area contributed by atoms with Crippen molar-refractivity contribution in [3.63, 3.8) is 0 Å². The molecule has 0 aliphatic heterocycles. The third-order valence-corrected chi connectivity index (χ3v) is 3.20. The summed E-state index contributed by atoms with van der Waals surface area (Å²) in [6.07, 6.45) is 3.65. The van der Waals surface area contributed by atoms with Gasteiger partial charge in [0, 0.05) is 6.20 Å². The zero-order chi connectivity index (χ0) is 17.7. The van der Waals surface area contributed by atoms with E-state index < -0.39 is 28.3 Å². The smallest absolute Gasteiger partial charge is 0.343 e. The van der Waals surface area contributed by atoms with Gasteiger partial charge in [-0.25, -0.2) is 18.8 Å². The molecule has 0 radical (unpaired) electrons. The van der Waals surface area contributed by atoms with Gasteiger partial charge in [0.15, 0.2) is 11.0 Å². The van der Waals surface area contributed by atoms with Crippen LogP contribution < -0.4 is 5.43 Å². The molecule has 2 aromatic heterocycles. The highest BCUT2D eigenvalue weighted by atomic mass is 35.5. The summed E-state index contributed by atoms with van der Waals surface area (Å²) in [5, 5.41) is 6.26. The minimum atomic E-state index is -0.945. The molecule has 0 spiro atoms. The number of carbonyl (C=O) groups is 2. The van der Waals surface area contributed by atoms with E-state index in [1.165, 1.54) is 17.3 Å². The molecule has 0 saturated carbocycles. The molecule has 24 heavy (non-hydrogen) atoms. The van der Waals surface area contributed by atoms with Gasteiger partial charge >= 0.3 is 5.97 Å². The van der Waals surface area contributed by atoms with Crippen molar-refractivity contribution in [2.24, 2.45) is 0 Å². The Balaban J connectivity index is 2.39. The monoisotopic (exact) mass is 373 g/mol. The molecule has 0 aromatic carbocycles. The topological polar surface area (TPSA) is 99.0 Å². The van der Waals surface area contributed by atoms with E-state index in [-0.39, 0.29) is 17.3 Å². The number of esters is 1. The number of nitrogens with zero attached hydrogens (tertiary/aromatic N) is 4. The van der Waals surface area contributed by atoms with Crippen molar-refractivity contribution >= 4 is 35.0 Å². The van der Waals surface area contributed by atoms with Gasteiger partial charge < -0.3 is 4.74 Å². The van der Waals surface area contributed by atoms with Crippen LogP contribution in [0, 0.1) is 5.82 Å². The quantitative estimate of drug-likeness (QED) is 0.206. The van der Waals surface area contributed by atoms with Crippen LogP contribution in [0.2, 0.25) is 10.3 Å². The summed E-state index contributed by atoms with van der Waals surface area (Å²) in [5.41, 5.74) is 1.83. The van der Waals surface area contributed by atoms with Gasteiger partial charge in [0.1, 0.15) is 23.4 Å². The summed E-state index contributed by atoms with van der Waals surface area (Å²) in [6, 6.07) is 0.797. The normalized spacial score (nSPS) is 11.2. The number of pyridine rings is 1. The van der Waals surface area contributed by atoms with E-state index >= 15 is 0 Å². The van der Waals surface area contributed by atoms with Crippen molar-refractivity contribution in [2.75, 3.05) is 12.0 Å². The van der Waals surface area contributed by atoms with Crippen molar-refractivity contribution in [1.29, 1.82) is 0 Å². The van der Waals surface area contributed by atoms with Crippen LogP contribution in [0.1, 0.15) is 17.3 Å². The number of carbonyl (C=O) groups excluding carboxylic acids is 2. The predicted molar refractivity (Wildman–Crippen MR) is 82.6 cm³/mol. The lowest BCUT2D eigenvalue weighted by molar-refractivity contribution is -0.138. The van der Waals surface area contributed by atoms with Gasteiger partial charge in [-0.1, -0.05) is 23.2 Å². The first-order chi connectivity index (χ1) is 11.4. The molecule has 1 N–H and O–H groups in total. The van der Waals surface area contributed by atoms with Crippen LogP contribution >= 0.6 is 23.2 Å². The molecule has 8 nitrogen and oxygen atoms in total. The van der Waals surface area contributed by atoms with E-state index in [1.54, 1.807) is 6.92 Å². The van der Waals surface area contributed by atoms with Gasteiger partial charge in [0.05, 0.1) is 12.2 Å². The molecule has 2 rings (SSSR count). The van der Waals surface area contributed by atoms with Crippen molar-refractivity contribution in [2.45, 2.75) is 6.92 Å². The number of Topliss-reactive ketones (excluding diaryl/α,β-unsaturated/α-hetero) is 1. The molecule has 0 atom stereocenters. The maximum atomic E-state index is 13.6. The molecule has 0 amide bonds. The number of hydrogen-bond donors (Lipinski definition) is 1. The number of ether oxygens (including phenoxy) is 1. The number of nitrogens with one attached hydrogen (secondary N) is 1. The molecule has 0 saturated heterocycles. The van der Waals surface area contributed by atoms with Gasteiger partial charge in [0.25, 0.3) is 0 Å².